The van der Waals surface area contributed by atoms with Crippen LogP contribution in [0.25, 0.3) is 0 Å². The third-order valence-corrected chi connectivity index (χ3v) is 4.86. The van der Waals surface area contributed by atoms with Crippen LogP contribution in [-0.4, -0.2) is 49.1 Å². The van der Waals surface area contributed by atoms with E-state index in [1.165, 1.54) is 25.8 Å². The number of nitrogens with zero attached hydrogens (tertiary/aromatic N) is 1. The van der Waals surface area contributed by atoms with Crippen LogP contribution in [0.1, 0.15) is 52.4 Å². The van der Waals surface area contributed by atoms with Crippen LogP contribution < -0.4 is 10.6 Å². The lowest BCUT2D eigenvalue weighted by Crippen LogP contribution is -2.43. The highest BCUT2D eigenvalue weighted by atomic mass is 35.5. The summed E-state index contributed by atoms with van der Waals surface area (Å²) >= 11 is 0. The van der Waals surface area contributed by atoms with Crippen molar-refractivity contribution in [2.24, 2.45) is 5.92 Å². The van der Waals surface area contributed by atoms with Gasteiger partial charge in [0, 0.05) is 31.1 Å². The highest BCUT2D eigenvalue weighted by Gasteiger charge is 2.24. The third kappa shape index (κ3) is 6.13. The quantitative estimate of drug-likeness (QED) is 0.764. The number of carbonyl (C=O) groups excluding carboxylic acids is 1. The molecule has 124 valence electrons. The zero-order valence-corrected chi connectivity index (χ0v) is 14.4. The Bertz CT molecular complexity index is 314. The molecular weight excluding hydrogens is 286 g/mol. The molecule has 3 atom stereocenters. The van der Waals surface area contributed by atoms with E-state index in [-0.39, 0.29) is 24.2 Å². The highest BCUT2D eigenvalue weighted by Crippen LogP contribution is 2.17. The van der Waals surface area contributed by atoms with E-state index in [1.807, 2.05) is 0 Å². The Hall–Kier alpha value is -0.320. The smallest absolute Gasteiger partial charge is 0.223 e. The summed E-state index contributed by atoms with van der Waals surface area (Å²) in [7, 11) is 0. The molecule has 21 heavy (non-hydrogen) atoms. The number of carbonyl (C=O) groups is 1. The highest BCUT2D eigenvalue weighted by molar-refractivity contribution is 5.85. The normalized spacial score (nSPS) is 30.5. The lowest BCUT2D eigenvalue weighted by molar-refractivity contribution is -0.126. The minimum Gasteiger partial charge on any atom is -0.356 e. The molecular formula is C16H32ClN3O. The summed E-state index contributed by atoms with van der Waals surface area (Å²) in [6.45, 7) is 8.67. The first kappa shape index (κ1) is 18.7. The average Bonchev–Trinajstić information content (AvgIpc) is 2.45. The zero-order chi connectivity index (χ0) is 14.4. The van der Waals surface area contributed by atoms with Crippen molar-refractivity contribution in [2.45, 2.75) is 64.5 Å². The van der Waals surface area contributed by atoms with Crippen molar-refractivity contribution in [1.29, 1.82) is 0 Å². The fourth-order valence-corrected chi connectivity index (χ4v) is 3.50. The summed E-state index contributed by atoms with van der Waals surface area (Å²) in [5.74, 6) is 0.491. The van der Waals surface area contributed by atoms with Gasteiger partial charge in [-0.3, -0.25) is 4.79 Å². The van der Waals surface area contributed by atoms with E-state index in [0.29, 0.717) is 6.04 Å². The molecule has 0 saturated carbocycles. The van der Waals surface area contributed by atoms with Crippen molar-refractivity contribution in [3.8, 4) is 0 Å². The summed E-state index contributed by atoms with van der Waals surface area (Å²) in [5.41, 5.74) is 0. The summed E-state index contributed by atoms with van der Waals surface area (Å²) in [6.07, 6.45) is 7.09. The van der Waals surface area contributed by atoms with Gasteiger partial charge in [0.15, 0.2) is 0 Å². The standard InChI is InChI=1S/C16H31N3O.ClH/c1-13-12-15(7-9-17-13)16(20)18-8-5-11-19-10-4-3-6-14(19)2;/h13-15,17H,3-12H2,1-2H3,(H,18,20);1H/t13-,14?,15-;/m0./s1. The van der Waals surface area contributed by atoms with Crippen molar-refractivity contribution in [2.75, 3.05) is 26.2 Å². The number of amides is 1. The van der Waals surface area contributed by atoms with Gasteiger partial charge in [-0.25, -0.2) is 0 Å². The average molecular weight is 318 g/mol. The number of hydrogen-bond acceptors (Lipinski definition) is 3. The maximum absolute atomic E-state index is 12.1. The lowest BCUT2D eigenvalue weighted by atomic mass is 9.92. The van der Waals surface area contributed by atoms with Gasteiger partial charge < -0.3 is 15.5 Å². The van der Waals surface area contributed by atoms with Crippen LogP contribution in [0.2, 0.25) is 0 Å². The van der Waals surface area contributed by atoms with Crippen LogP contribution in [0, 0.1) is 5.92 Å². The molecule has 0 aromatic rings. The Morgan fingerprint density at radius 3 is 2.81 bits per heavy atom. The molecule has 1 unspecified atom stereocenters. The van der Waals surface area contributed by atoms with Crippen molar-refractivity contribution < 1.29 is 4.79 Å². The van der Waals surface area contributed by atoms with Gasteiger partial charge in [0.2, 0.25) is 5.91 Å². The van der Waals surface area contributed by atoms with Crippen LogP contribution in [0.15, 0.2) is 0 Å². The Labute approximate surface area is 135 Å². The van der Waals surface area contributed by atoms with Gasteiger partial charge in [-0.15, -0.1) is 12.4 Å². The number of rotatable bonds is 5. The summed E-state index contributed by atoms with van der Waals surface area (Å²) in [5, 5.41) is 6.53. The van der Waals surface area contributed by atoms with Gasteiger partial charge in [-0.1, -0.05) is 6.42 Å². The molecule has 2 heterocycles. The predicted octanol–water partition coefficient (Wildman–Crippen LogP) is 2.18. The van der Waals surface area contributed by atoms with E-state index < -0.39 is 0 Å². The minimum absolute atomic E-state index is 0. The molecule has 0 spiro atoms. The summed E-state index contributed by atoms with van der Waals surface area (Å²) < 4.78 is 0. The largest absolute Gasteiger partial charge is 0.356 e. The predicted molar refractivity (Wildman–Crippen MR) is 89.9 cm³/mol. The number of nitrogens with one attached hydrogen (secondary N) is 2. The second-order valence-corrected chi connectivity index (χ2v) is 6.60. The van der Waals surface area contributed by atoms with Gasteiger partial charge in [-0.2, -0.15) is 0 Å². The van der Waals surface area contributed by atoms with E-state index in [1.54, 1.807) is 0 Å². The Morgan fingerprint density at radius 1 is 1.29 bits per heavy atom. The van der Waals surface area contributed by atoms with Gasteiger partial charge in [0.25, 0.3) is 0 Å². The zero-order valence-electron chi connectivity index (χ0n) is 13.6. The molecule has 2 rings (SSSR count). The van der Waals surface area contributed by atoms with Crippen molar-refractivity contribution in [1.82, 2.24) is 15.5 Å². The Balaban J connectivity index is 0.00000220. The molecule has 2 aliphatic heterocycles. The van der Waals surface area contributed by atoms with Crippen molar-refractivity contribution in [3.05, 3.63) is 0 Å². The number of halogens is 1. The number of piperidine rings is 2. The van der Waals surface area contributed by atoms with Crippen LogP contribution >= 0.6 is 12.4 Å². The maximum atomic E-state index is 12.1. The van der Waals surface area contributed by atoms with E-state index in [0.717, 1.165) is 44.9 Å². The van der Waals surface area contributed by atoms with Gasteiger partial charge in [-0.05, 0) is 59.0 Å². The SMILES string of the molecule is CC1CCCCN1CCCNC(=O)[C@H]1CCN[C@@H](C)C1.Cl. The van der Waals surface area contributed by atoms with E-state index in [9.17, 15) is 4.79 Å². The second-order valence-electron chi connectivity index (χ2n) is 6.60. The van der Waals surface area contributed by atoms with E-state index in [2.05, 4.69) is 29.4 Å². The second kappa shape index (κ2) is 9.65. The number of likely N-dealkylation sites (tertiary alicyclic amines) is 1. The van der Waals surface area contributed by atoms with Gasteiger partial charge in [0.05, 0.1) is 0 Å². The maximum Gasteiger partial charge on any atom is 0.223 e. The van der Waals surface area contributed by atoms with E-state index >= 15 is 0 Å². The Morgan fingerprint density at radius 2 is 2.10 bits per heavy atom. The van der Waals surface area contributed by atoms with Crippen molar-refractivity contribution >= 4 is 18.3 Å². The third-order valence-electron chi connectivity index (χ3n) is 4.86. The fourth-order valence-electron chi connectivity index (χ4n) is 3.50. The van der Waals surface area contributed by atoms with Crippen LogP contribution in [0.5, 0.6) is 0 Å². The lowest BCUT2D eigenvalue weighted by Gasteiger charge is -2.33. The monoisotopic (exact) mass is 317 g/mol. The van der Waals surface area contributed by atoms with Crippen molar-refractivity contribution in [3.63, 3.8) is 0 Å². The molecule has 2 fully saturated rings. The van der Waals surface area contributed by atoms with Crippen LogP contribution in [0.3, 0.4) is 0 Å². The van der Waals surface area contributed by atoms with Crippen LogP contribution in [-0.2, 0) is 4.79 Å². The molecule has 1 amide bonds. The molecule has 2 N–H and O–H groups in total. The first-order valence-corrected chi connectivity index (χ1v) is 8.42. The van der Waals surface area contributed by atoms with Crippen LogP contribution in [0.4, 0.5) is 0 Å². The first-order chi connectivity index (χ1) is 9.66. The molecule has 5 heteroatoms. The van der Waals surface area contributed by atoms with E-state index in [4.69, 9.17) is 0 Å². The molecule has 0 aliphatic carbocycles. The number of hydrogen-bond donors (Lipinski definition) is 2. The molecule has 0 radical (unpaired) electrons. The van der Waals surface area contributed by atoms with Gasteiger partial charge in [0.1, 0.15) is 0 Å². The molecule has 4 nitrogen and oxygen atoms in total. The molecule has 2 saturated heterocycles. The minimum atomic E-state index is 0. The first-order valence-electron chi connectivity index (χ1n) is 8.42. The molecule has 2 aliphatic rings. The summed E-state index contributed by atoms with van der Waals surface area (Å²) in [4.78, 5) is 14.7. The topological polar surface area (TPSA) is 44.4 Å². The summed E-state index contributed by atoms with van der Waals surface area (Å²) in [6, 6.07) is 1.21. The fraction of sp³-hybridized carbons (Fsp3) is 0.938. The Kier molecular flexibility index (Phi) is 8.60. The molecule has 0 aromatic carbocycles. The van der Waals surface area contributed by atoms with Gasteiger partial charge >= 0.3 is 0 Å². The molecule has 0 aromatic heterocycles. The molecule has 0 bridgehead atoms.